The Hall–Kier alpha value is -2.31. The molecule has 0 atom stereocenters. The molecule has 2 aromatic carbocycles. The summed E-state index contributed by atoms with van der Waals surface area (Å²) < 4.78 is 30.2. The molecule has 0 saturated heterocycles. The zero-order valence-electron chi connectivity index (χ0n) is 15.7. The fraction of sp³-hybridized carbons (Fsp3) is 0.250. The van der Waals surface area contributed by atoms with Crippen LogP contribution in [0.1, 0.15) is 27.8 Å². The molecule has 1 N–H and O–H groups in total. The fourth-order valence-corrected chi connectivity index (χ4v) is 4.89. The van der Waals surface area contributed by atoms with Crippen LogP contribution in [0.2, 0.25) is 5.02 Å². The lowest BCUT2D eigenvalue weighted by molar-refractivity contribution is 0.599. The number of aryl methyl sites for hydroxylation is 2. The van der Waals surface area contributed by atoms with Crippen LogP contribution >= 0.6 is 11.6 Å². The second kappa shape index (κ2) is 7.37. The predicted octanol–water partition coefficient (Wildman–Crippen LogP) is 4.62. The molecular formula is C20H22ClN3O2S. The van der Waals surface area contributed by atoms with Crippen molar-refractivity contribution in [1.29, 1.82) is 0 Å². The van der Waals surface area contributed by atoms with Crippen molar-refractivity contribution in [3.05, 3.63) is 75.4 Å². The highest BCUT2D eigenvalue weighted by atomic mass is 35.5. The van der Waals surface area contributed by atoms with Gasteiger partial charge < -0.3 is 0 Å². The first-order valence-corrected chi connectivity index (χ1v) is 10.4. The summed E-state index contributed by atoms with van der Waals surface area (Å²) in [4.78, 5) is 0.320. The molecule has 5 nitrogen and oxygen atoms in total. The van der Waals surface area contributed by atoms with Crippen LogP contribution in [0.15, 0.2) is 47.5 Å². The average molecular weight is 404 g/mol. The summed E-state index contributed by atoms with van der Waals surface area (Å²) in [6, 6.07) is 11.1. The molecule has 27 heavy (non-hydrogen) atoms. The van der Waals surface area contributed by atoms with Gasteiger partial charge in [0.2, 0.25) is 0 Å². The molecule has 0 amide bonds. The van der Waals surface area contributed by atoms with Gasteiger partial charge in [0.25, 0.3) is 10.0 Å². The second-order valence-electron chi connectivity index (χ2n) is 6.68. The Morgan fingerprint density at radius 1 is 1.04 bits per heavy atom. The molecule has 3 aromatic rings. The molecule has 0 bridgehead atoms. The molecule has 0 aliphatic carbocycles. The highest BCUT2D eigenvalue weighted by Gasteiger charge is 2.23. The van der Waals surface area contributed by atoms with Crippen molar-refractivity contribution >= 4 is 27.4 Å². The number of nitrogens with one attached hydrogen (secondary N) is 1. The molecule has 142 valence electrons. The van der Waals surface area contributed by atoms with Crippen LogP contribution in [-0.4, -0.2) is 18.2 Å². The van der Waals surface area contributed by atoms with E-state index in [4.69, 9.17) is 11.6 Å². The first-order valence-electron chi connectivity index (χ1n) is 8.56. The van der Waals surface area contributed by atoms with E-state index in [9.17, 15) is 8.42 Å². The van der Waals surface area contributed by atoms with Gasteiger partial charge in [0.05, 0.1) is 11.4 Å². The molecule has 3 rings (SSSR count). The molecule has 0 aliphatic heterocycles. The van der Waals surface area contributed by atoms with Gasteiger partial charge in [-0.05, 0) is 61.6 Å². The Morgan fingerprint density at radius 3 is 2.30 bits per heavy atom. The van der Waals surface area contributed by atoms with E-state index >= 15 is 0 Å². The standard InChI is InChI=1S/C20H22ClN3O2S/c1-13-11-14(2)16(4)20(15(13)3)27(25,26)23-19-9-10-24(22-19)12-17-7-5-6-8-18(17)21/h5-11H,12H2,1-4H3,(H,22,23). The minimum absolute atomic E-state index is 0.278. The van der Waals surface area contributed by atoms with Gasteiger partial charge >= 0.3 is 0 Å². The van der Waals surface area contributed by atoms with E-state index in [1.807, 2.05) is 58.0 Å². The number of rotatable bonds is 5. The third-order valence-corrected chi connectivity index (χ3v) is 6.73. The molecule has 0 unspecified atom stereocenters. The summed E-state index contributed by atoms with van der Waals surface area (Å²) in [5.41, 5.74) is 4.31. The average Bonchev–Trinajstić information content (AvgIpc) is 3.01. The highest BCUT2D eigenvalue weighted by molar-refractivity contribution is 7.92. The summed E-state index contributed by atoms with van der Waals surface area (Å²) in [7, 11) is -3.74. The Kier molecular flexibility index (Phi) is 5.31. The summed E-state index contributed by atoms with van der Waals surface area (Å²) >= 11 is 6.18. The summed E-state index contributed by atoms with van der Waals surface area (Å²) in [5.74, 6) is 0.278. The lowest BCUT2D eigenvalue weighted by Crippen LogP contribution is -2.17. The van der Waals surface area contributed by atoms with Gasteiger partial charge in [-0.1, -0.05) is 35.9 Å². The molecule has 7 heteroatoms. The van der Waals surface area contributed by atoms with Crippen LogP contribution in [0.5, 0.6) is 0 Å². The zero-order chi connectivity index (χ0) is 19.8. The number of hydrogen-bond donors (Lipinski definition) is 1. The molecule has 0 spiro atoms. The van der Waals surface area contributed by atoms with Crippen LogP contribution in [0.3, 0.4) is 0 Å². The molecule has 0 fully saturated rings. The van der Waals surface area contributed by atoms with E-state index in [2.05, 4.69) is 9.82 Å². The van der Waals surface area contributed by atoms with Crippen molar-refractivity contribution in [2.24, 2.45) is 0 Å². The number of nitrogens with zero attached hydrogens (tertiary/aromatic N) is 2. The summed E-state index contributed by atoms with van der Waals surface area (Å²) in [5, 5.41) is 4.98. The van der Waals surface area contributed by atoms with Crippen molar-refractivity contribution in [1.82, 2.24) is 9.78 Å². The number of benzene rings is 2. The monoisotopic (exact) mass is 403 g/mol. The Labute approximate surface area is 165 Å². The Balaban J connectivity index is 1.88. The largest absolute Gasteiger partial charge is 0.266 e. The van der Waals surface area contributed by atoms with Gasteiger partial charge in [-0.15, -0.1) is 0 Å². The quantitative estimate of drug-likeness (QED) is 0.676. The number of halogens is 1. The Bertz CT molecular complexity index is 1080. The highest BCUT2D eigenvalue weighted by Crippen LogP contribution is 2.27. The van der Waals surface area contributed by atoms with E-state index in [0.717, 1.165) is 27.8 Å². The minimum atomic E-state index is -3.74. The molecule has 0 aliphatic rings. The first kappa shape index (κ1) is 19.5. The van der Waals surface area contributed by atoms with Crippen molar-refractivity contribution in [3.63, 3.8) is 0 Å². The lowest BCUT2D eigenvalue weighted by atomic mass is 10.0. The smallest absolute Gasteiger partial charge is 0.263 e. The summed E-state index contributed by atoms with van der Waals surface area (Å²) in [6.07, 6.45) is 1.72. The normalized spacial score (nSPS) is 11.6. The van der Waals surface area contributed by atoms with Gasteiger partial charge in [-0.2, -0.15) is 5.10 Å². The van der Waals surface area contributed by atoms with Crippen LogP contribution in [-0.2, 0) is 16.6 Å². The van der Waals surface area contributed by atoms with E-state index in [0.29, 0.717) is 16.5 Å². The topological polar surface area (TPSA) is 64.0 Å². The third kappa shape index (κ3) is 4.01. The maximum absolute atomic E-state index is 13.0. The Morgan fingerprint density at radius 2 is 1.67 bits per heavy atom. The number of aromatic nitrogens is 2. The van der Waals surface area contributed by atoms with E-state index in [1.165, 1.54) is 0 Å². The van der Waals surface area contributed by atoms with Gasteiger partial charge in [-0.3, -0.25) is 9.40 Å². The van der Waals surface area contributed by atoms with E-state index in [1.54, 1.807) is 16.9 Å². The van der Waals surface area contributed by atoms with Gasteiger partial charge in [0, 0.05) is 17.3 Å². The van der Waals surface area contributed by atoms with Crippen LogP contribution in [0.4, 0.5) is 5.82 Å². The van der Waals surface area contributed by atoms with Crippen molar-refractivity contribution in [2.45, 2.75) is 39.1 Å². The molecule has 1 aromatic heterocycles. The maximum atomic E-state index is 13.0. The summed E-state index contributed by atoms with van der Waals surface area (Å²) in [6.45, 7) is 7.94. The lowest BCUT2D eigenvalue weighted by Gasteiger charge is -2.15. The van der Waals surface area contributed by atoms with E-state index < -0.39 is 10.0 Å². The van der Waals surface area contributed by atoms with Gasteiger partial charge in [-0.25, -0.2) is 8.42 Å². The molecule has 0 saturated carbocycles. The third-order valence-electron chi connectivity index (χ3n) is 4.74. The van der Waals surface area contributed by atoms with E-state index in [-0.39, 0.29) is 5.82 Å². The van der Waals surface area contributed by atoms with Gasteiger partial charge in [0.1, 0.15) is 0 Å². The zero-order valence-corrected chi connectivity index (χ0v) is 17.3. The molecule has 1 heterocycles. The minimum Gasteiger partial charge on any atom is -0.266 e. The van der Waals surface area contributed by atoms with Crippen molar-refractivity contribution < 1.29 is 8.42 Å². The van der Waals surface area contributed by atoms with Crippen molar-refractivity contribution in [2.75, 3.05) is 4.72 Å². The molecular weight excluding hydrogens is 382 g/mol. The predicted molar refractivity (Wildman–Crippen MR) is 109 cm³/mol. The first-order chi connectivity index (χ1) is 12.7. The second-order valence-corrected chi connectivity index (χ2v) is 8.71. The molecule has 0 radical (unpaired) electrons. The number of anilines is 1. The SMILES string of the molecule is Cc1cc(C)c(C)c(S(=O)(=O)Nc2ccn(Cc3ccccc3Cl)n2)c1C. The fourth-order valence-electron chi connectivity index (χ4n) is 3.08. The maximum Gasteiger partial charge on any atom is 0.263 e. The van der Waals surface area contributed by atoms with Crippen LogP contribution in [0, 0.1) is 27.7 Å². The van der Waals surface area contributed by atoms with Crippen LogP contribution < -0.4 is 4.72 Å². The van der Waals surface area contributed by atoms with Crippen molar-refractivity contribution in [3.8, 4) is 0 Å². The van der Waals surface area contributed by atoms with Gasteiger partial charge in [0.15, 0.2) is 5.82 Å². The number of sulfonamides is 1. The number of hydrogen-bond acceptors (Lipinski definition) is 3. The van der Waals surface area contributed by atoms with Crippen LogP contribution in [0.25, 0.3) is 0 Å².